The summed E-state index contributed by atoms with van der Waals surface area (Å²) in [4.78, 5) is 4.17. The summed E-state index contributed by atoms with van der Waals surface area (Å²) in [5.74, 6) is 0. The Labute approximate surface area is 142 Å². The minimum Gasteiger partial charge on any atom is -0.399 e. The van der Waals surface area contributed by atoms with Crippen LogP contribution in [0.25, 0.3) is 0 Å². The lowest BCUT2D eigenvalue weighted by atomic mass is 9.78. The molecular formula is C16H21BN2O4S. The molecule has 2 N–H and O–H groups in total. The molecule has 1 fully saturated rings. The van der Waals surface area contributed by atoms with Gasteiger partial charge in [0.05, 0.1) is 17.2 Å². The molecular weight excluding hydrogens is 327 g/mol. The number of benzene rings is 1. The second-order valence-electron chi connectivity index (χ2n) is 7.07. The minimum absolute atomic E-state index is 0.103. The van der Waals surface area contributed by atoms with E-state index in [-0.39, 0.29) is 11.1 Å². The van der Waals surface area contributed by atoms with E-state index in [1.807, 2.05) is 52.0 Å². The van der Waals surface area contributed by atoms with Gasteiger partial charge in [-0.2, -0.15) is 0 Å². The summed E-state index contributed by atoms with van der Waals surface area (Å²) >= 11 is 0. The summed E-state index contributed by atoms with van der Waals surface area (Å²) in [5.41, 5.74) is 0.899. The first kappa shape index (κ1) is 17.4. The van der Waals surface area contributed by atoms with E-state index < -0.39 is 28.3 Å². The van der Waals surface area contributed by atoms with Gasteiger partial charge in [0.1, 0.15) is 0 Å². The zero-order chi connectivity index (χ0) is 17.8. The smallest absolute Gasteiger partial charge is 0.399 e. The maximum absolute atomic E-state index is 11.4. The Kier molecular flexibility index (Phi) is 3.99. The zero-order valence-electron chi connectivity index (χ0n) is 14.2. The van der Waals surface area contributed by atoms with Crippen LogP contribution < -0.4 is 10.6 Å². The topological polar surface area (TPSA) is 91.0 Å². The average Bonchev–Trinajstić information content (AvgIpc) is 3.02. The van der Waals surface area contributed by atoms with Crippen molar-refractivity contribution < 1.29 is 17.7 Å². The first-order chi connectivity index (χ1) is 11.0. The fourth-order valence-electron chi connectivity index (χ4n) is 2.62. The lowest BCUT2D eigenvalue weighted by Gasteiger charge is -2.32. The van der Waals surface area contributed by atoms with Crippen molar-refractivity contribution >= 4 is 27.6 Å². The number of hydrogen-bond acceptors (Lipinski definition) is 5. The van der Waals surface area contributed by atoms with Gasteiger partial charge in [-0.05, 0) is 44.8 Å². The summed E-state index contributed by atoms with van der Waals surface area (Å²) in [6, 6.07) is 7.25. The molecule has 128 valence electrons. The van der Waals surface area contributed by atoms with Crippen molar-refractivity contribution in [2.45, 2.75) is 44.9 Å². The van der Waals surface area contributed by atoms with Gasteiger partial charge < -0.3 is 9.31 Å². The summed E-state index contributed by atoms with van der Waals surface area (Å²) < 4.78 is 34.9. The second-order valence-corrected chi connectivity index (χ2v) is 8.58. The molecule has 0 spiro atoms. The SMILES string of the molecule is CC1(C)OB(c2cccc(C3C=CC(S(N)(=O)=O)=N3)c2)OC1(C)C. The molecule has 0 saturated carbocycles. The van der Waals surface area contributed by atoms with Gasteiger partial charge in [0.2, 0.25) is 0 Å². The fourth-order valence-corrected chi connectivity index (χ4v) is 3.15. The van der Waals surface area contributed by atoms with Gasteiger partial charge in [-0.1, -0.05) is 30.3 Å². The van der Waals surface area contributed by atoms with Gasteiger partial charge in [-0.25, -0.2) is 13.6 Å². The van der Waals surface area contributed by atoms with Gasteiger partial charge in [-0.15, -0.1) is 0 Å². The van der Waals surface area contributed by atoms with Gasteiger partial charge in [0.25, 0.3) is 10.0 Å². The third kappa shape index (κ3) is 3.07. The third-order valence-electron chi connectivity index (χ3n) is 4.76. The predicted octanol–water partition coefficient (Wildman–Crippen LogP) is 1.28. The van der Waals surface area contributed by atoms with E-state index in [0.29, 0.717) is 0 Å². The molecule has 1 saturated heterocycles. The molecule has 1 aromatic rings. The van der Waals surface area contributed by atoms with Crippen LogP contribution in [-0.4, -0.2) is 31.8 Å². The maximum Gasteiger partial charge on any atom is 0.494 e. The molecule has 2 aliphatic heterocycles. The highest BCUT2D eigenvalue weighted by molar-refractivity contribution is 8.04. The van der Waals surface area contributed by atoms with Crippen molar-refractivity contribution in [3.05, 3.63) is 42.0 Å². The van der Waals surface area contributed by atoms with Crippen LogP contribution in [0, 0.1) is 0 Å². The molecule has 0 radical (unpaired) electrons. The summed E-state index contributed by atoms with van der Waals surface area (Å²) in [7, 11) is -4.26. The second kappa shape index (κ2) is 5.52. The van der Waals surface area contributed by atoms with E-state index in [1.54, 1.807) is 6.08 Å². The van der Waals surface area contributed by atoms with E-state index >= 15 is 0 Å². The molecule has 3 rings (SSSR count). The Morgan fingerprint density at radius 1 is 1.17 bits per heavy atom. The quantitative estimate of drug-likeness (QED) is 0.815. The van der Waals surface area contributed by atoms with Gasteiger partial charge in [-0.3, -0.25) is 4.99 Å². The van der Waals surface area contributed by atoms with E-state index in [1.165, 1.54) is 6.08 Å². The highest BCUT2D eigenvalue weighted by Crippen LogP contribution is 2.36. The van der Waals surface area contributed by atoms with Crippen molar-refractivity contribution in [3.8, 4) is 0 Å². The lowest BCUT2D eigenvalue weighted by Crippen LogP contribution is -2.41. The molecule has 2 heterocycles. The Morgan fingerprint density at radius 2 is 1.79 bits per heavy atom. The molecule has 8 heteroatoms. The van der Waals surface area contributed by atoms with E-state index in [0.717, 1.165) is 11.0 Å². The molecule has 2 aliphatic rings. The number of primary sulfonamides is 1. The van der Waals surface area contributed by atoms with Gasteiger partial charge in [0, 0.05) is 0 Å². The normalized spacial score (nSPS) is 25.1. The minimum atomic E-state index is -3.79. The molecule has 0 aromatic heterocycles. The average molecular weight is 348 g/mol. The van der Waals surface area contributed by atoms with Crippen molar-refractivity contribution in [2.75, 3.05) is 0 Å². The molecule has 0 bridgehead atoms. The van der Waals surface area contributed by atoms with E-state index in [4.69, 9.17) is 14.4 Å². The first-order valence-corrected chi connectivity index (χ1v) is 9.28. The van der Waals surface area contributed by atoms with Crippen molar-refractivity contribution in [2.24, 2.45) is 10.1 Å². The van der Waals surface area contributed by atoms with Crippen molar-refractivity contribution in [3.63, 3.8) is 0 Å². The first-order valence-electron chi connectivity index (χ1n) is 7.74. The highest BCUT2D eigenvalue weighted by Gasteiger charge is 2.51. The van der Waals surface area contributed by atoms with Crippen LogP contribution in [0.1, 0.15) is 39.3 Å². The molecule has 6 nitrogen and oxygen atoms in total. The predicted molar refractivity (Wildman–Crippen MR) is 94.6 cm³/mol. The number of hydrogen-bond donors (Lipinski definition) is 1. The zero-order valence-corrected chi connectivity index (χ0v) is 15.0. The third-order valence-corrected chi connectivity index (χ3v) is 5.58. The maximum atomic E-state index is 11.4. The Hall–Kier alpha value is -1.48. The number of sulfonamides is 1. The van der Waals surface area contributed by atoms with Gasteiger partial charge >= 0.3 is 7.12 Å². The lowest BCUT2D eigenvalue weighted by molar-refractivity contribution is 0.00578. The molecule has 1 aromatic carbocycles. The van der Waals surface area contributed by atoms with E-state index in [9.17, 15) is 8.42 Å². The summed E-state index contributed by atoms with van der Waals surface area (Å²) in [6.07, 6.45) is 3.14. The van der Waals surface area contributed by atoms with Crippen LogP contribution in [0.15, 0.2) is 41.4 Å². The summed E-state index contributed by atoms with van der Waals surface area (Å²) in [5, 5.41) is 5.02. The van der Waals surface area contributed by atoms with Gasteiger partial charge in [0.15, 0.2) is 5.04 Å². The Balaban J connectivity index is 1.87. The van der Waals surface area contributed by atoms with Crippen LogP contribution in [0.2, 0.25) is 0 Å². The number of rotatable bonds is 2. The van der Waals surface area contributed by atoms with Crippen LogP contribution >= 0.6 is 0 Å². The molecule has 1 atom stereocenters. The Morgan fingerprint density at radius 3 is 2.33 bits per heavy atom. The van der Waals surface area contributed by atoms with Crippen LogP contribution in [0.3, 0.4) is 0 Å². The van der Waals surface area contributed by atoms with Crippen LogP contribution in [0.5, 0.6) is 0 Å². The molecule has 24 heavy (non-hydrogen) atoms. The van der Waals surface area contributed by atoms with E-state index in [2.05, 4.69) is 4.99 Å². The number of aliphatic imine (C=N–C) groups is 1. The number of nitrogens with zero attached hydrogens (tertiary/aromatic N) is 1. The summed E-state index contributed by atoms with van der Waals surface area (Å²) in [6.45, 7) is 8.00. The van der Waals surface area contributed by atoms with Crippen molar-refractivity contribution in [1.82, 2.24) is 0 Å². The highest BCUT2D eigenvalue weighted by atomic mass is 32.2. The Bertz CT molecular complexity index is 814. The monoisotopic (exact) mass is 348 g/mol. The van der Waals surface area contributed by atoms with Crippen molar-refractivity contribution in [1.29, 1.82) is 0 Å². The molecule has 0 amide bonds. The molecule has 1 unspecified atom stereocenters. The standard InChI is InChI=1S/C16H21BN2O4S/c1-15(2)16(3,4)23-17(22-15)12-7-5-6-11(10-12)13-8-9-14(19-13)24(18,20)21/h5-10,13H,1-4H3,(H2,18,20,21). The fraction of sp³-hybridized carbons (Fsp3) is 0.438. The largest absolute Gasteiger partial charge is 0.494 e. The van der Waals surface area contributed by atoms with Crippen LogP contribution in [-0.2, 0) is 19.3 Å². The number of nitrogens with two attached hydrogens (primary N) is 1. The van der Waals surface area contributed by atoms with Crippen LogP contribution in [0.4, 0.5) is 0 Å². The molecule has 0 aliphatic carbocycles.